The highest BCUT2D eigenvalue weighted by Crippen LogP contribution is 2.33. The number of amides is 1. The van der Waals surface area contributed by atoms with E-state index in [1.165, 1.54) is 31.4 Å². The quantitative estimate of drug-likeness (QED) is 0.583. The lowest BCUT2D eigenvalue weighted by Crippen LogP contribution is -2.49. The highest BCUT2D eigenvalue weighted by atomic mass is 19.4. The second-order valence-electron chi connectivity index (χ2n) is 8.43. The molecule has 0 N–H and O–H groups in total. The van der Waals surface area contributed by atoms with Crippen molar-refractivity contribution >= 4 is 22.7 Å². The van der Waals surface area contributed by atoms with E-state index in [0.29, 0.717) is 49.1 Å². The van der Waals surface area contributed by atoms with Crippen LogP contribution in [0.1, 0.15) is 35.3 Å². The summed E-state index contributed by atoms with van der Waals surface area (Å²) in [4.78, 5) is 17.0. The Hall–Kier alpha value is -2.90. The number of nitrogens with zero attached hydrogens (tertiary/aromatic N) is 3. The van der Waals surface area contributed by atoms with Crippen LogP contribution in [0.25, 0.3) is 11.1 Å². The van der Waals surface area contributed by atoms with Crippen LogP contribution in [-0.4, -0.2) is 41.6 Å². The average molecular weight is 431 g/mol. The predicted octanol–water partition coefficient (Wildman–Crippen LogP) is 5.02. The molecule has 0 atom stereocenters. The molecule has 2 aromatic heterocycles. The minimum atomic E-state index is -4.36. The fraction of sp³-hybridized carbons (Fsp3) is 0.435. The third-order valence-electron chi connectivity index (χ3n) is 6.51. The Bertz CT molecular complexity index is 1090. The van der Waals surface area contributed by atoms with Crippen molar-refractivity contribution in [2.24, 2.45) is 5.92 Å². The zero-order valence-corrected chi connectivity index (χ0v) is 17.1. The maximum Gasteiger partial charge on any atom is 0.416 e. The number of furan rings is 1. The molecule has 1 saturated carbocycles. The second-order valence-corrected chi connectivity index (χ2v) is 8.43. The first-order valence-electron chi connectivity index (χ1n) is 10.7. The summed E-state index contributed by atoms with van der Waals surface area (Å²) < 4.78 is 46.7. The monoisotopic (exact) mass is 431 g/mol. The van der Waals surface area contributed by atoms with Gasteiger partial charge in [0.25, 0.3) is 5.91 Å². The van der Waals surface area contributed by atoms with Gasteiger partial charge in [0.05, 0.1) is 17.3 Å². The van der Waals surface area contributed by atoms with Crippen LogP contribution in [0.5, 0.6) is 0 Å². The molecule has 0 radical (unpaired) electrons. The van der Waals surface area contributed by atoms with E-state index in [-0.39, 0.29) is 5.91 Å². The molecule has 0 spiro atoms. The van der Waals surface area contributed by atoms with Crippen LogP contribution >= 0.6 is 0 Å². The van der Waals surface area contributed by atoms with Crippen LogP contribution in [0, 0.1) is 5.92 Å². The molecule has 2 aliphatic rings. The van der Waals surface area contributed by atoms with Gasteiger partial charge in [-0.2, -0.15) is 13.2 Å². The Kier molecular flexibility index (Phi) is 4.95. The maximum absolute atomic E-state index is 13.3. The SMILES string of the molecule is O=C(c1cc2occc2n1CC1CCC1)N1CCN(c2cccc(C(F)(F)F)c2)CC1. The molecular weight excluding hydrogens is 407 g/mol. The summed E-state index contributed by atoms with van der Waals surface area (Å²) in [5.41, 5.74) is 2.17. The van der Waals surface area contributed by atoms with E-state index in [4.69, 9.17) is 4.42 Å². The number of piperazine rings is 1. The second kappa shape index (κ2) is 7.66. The fourth-order valence-electron chi connectivity index (χ4n) is 4.49. The van der Waals surface area contributed by atoms with E-state index >= 15 is 0 Å². The van der Waals surface area contributed by atoms with E-state index in [9.17, 15) is 18.0 Å². The summed E-state index contributed by atoms with van der Waals surface area (Å²) in [7, 11) is 0. The topological polar surface area (TPSA) is 41.6 Å². The Morgan fingerprint density at radius 2 is 1.84 bits per heavy atom. The highest BCUT2D eigenvalue weighted by molar-refractivity contribution is 5.97. The highest BCUT2D eigenvalue weighted by Gasteiger charge is 2.32. The molecular formula is C23H24F3N3O2. The summed E-state index contributed by atoms with van der Waals surface area (Å²) >= 11 is 0. The Labute approximate surface area is 178 Å². The molecule has 5 nitrogen and oxygen atoms in total. The Morgan fingerprint density at radius 1 is 1.06 bits per heavy atom. The summed E-state index contributed by atoms with van der Waals surface area (Å²) in [6.45, 7) is 2.73. The number of carbonyl (C=O) groups is 1. The molecule has 8 heteroatoms. The van der Waals surface area contributed by atoms with Crippen molar-refractivity contribution < 1.29 is 22.4 Å². The van der Waals surface area contributed by atoms with Gasteiger partial charge in [-0.25, -0.2) is 0 Å². The molecule has 31 heavy (non-hydrogen) atoms. The number of hydrogen-bond donors (Lipinski definition) is 0. The minimum absolute atomic E-state index is 0.0468. The van der Waals surface area contributed by atoms with Crippen molar-refractivity contribution in [3.63, 3.8) is 0 Å². The van der Waals surface area contributed by atoms with Crippen LogP contribution < -0.4 is 4.90 Å². The number of anilines is 1. The van der Waals surface area contributed by atoms with Crippen molar-refractivity contribution in [3.05, 3.63) is 53.9 Å². The number of benzene rings is 1. The van der Waals surface area contributed by atoms with Crippen molar-refractivity contribution in [1.82, 2.24) is 9.47 Å². The van der Waals surface area contributed by atoms with Gasteiger partial charge in [0.2, 0.25) is 0 Å². The molecule has 3 heterocycles. The molecule has 1 aliphatic heterocycles. The van der Waals surface area contributed by atoms with Crippen molar-refractivity contribution in [3.8, 4) is 0 Å². The Balaban J connectivity index is 1.31. The van der Waals surface area contributed by atoms with Gasteiger partial charge in [-0.1, -0.05) is 12.5 Å². The lowest BCUT2D eigenvalue weighted by molar-refractivity contribution is -0.137. The smallest absolute Gasteiger partial charge is 0.416 e. The molecule has 0 bridgehead atoms. The van der Waals surface area contributed by atoms with Crippen LogP contribution in [0.2, 0.25) is 0 Å². The molecule has 1 amide bonds. The molecule has 2 fully saturated rings. The van der Waals surface area contributed by atoms with Gasteiger partial charge in [-0.15, -0.1) is 0 Å². The molecule has 1 aromatic carbocycles. The third kappa shape index (κ3) is 3.79. The zero-order chi connectivity index (χ0) is 21.6. The Morgan fingerprint density at radius 3 is 2.52 bits per heavy atom. The van der Waals surface area contributed by atoms with Crippen LogP contribution in [0.4, 0.5) is 18.9 Å². The standard InChI is InChI=1S/C23H24F3N3O2/c24-23(25,26)17-5-2-6-18(13-17)27-8-10-28(11-9-27)22(30)20-14-21-19(7-12-31-21)29(20)15-16-3-1-4-16/h2,5-7,12-14,16H,1,3-4,8-11,15H2. The van der Waals surface area contributed by atoms with Gasteiger partial charge in [-0.3, -0.25) is 4.79 Å². The first kappa shape index (κ1) is 20.0. The number of rotatable bonds is 4. The minimum Gasteiger partial charge on any atom is -0.463 e. The molecule has 0 unspecified atom stereocenters. The van der Waals surface area contributed by atoms with Crippen LogP contribution in [0.15, 0.2) is 47.1 Å². The van der Waals surface area contributed by atoms with Crippen molar-refractivity contribution in [1.29, 1.82) is 0 Å². The molecule has 3 aromatic rings. The van der Waals surface area contributed by atoms with Crippen molar-refractivity contribution in [2.75, 3.05) is 31.1 Å². The molecule has 1 aliphatic carbocycles. The predicted molar refractivity (Wildman–Crippen MR) is 111 cm³/mol. The van der Waals surface area contributed by atoms with E-state index < -0.39 is 11.7 Å². The summed E-state index contributed by atoms with van der Waals surface area (Å²) in [6.07, 6.45) is 0.878. The van der Waals surface area contributed by atoms with Gasteiger partial charge in [0.1, 0.15) is 5.69 Å². The largest absolute Gasteiger partial charge is 0.463 e. The van der Waals surface area contributed by atoms with E-state index in [2.05, 4.69) is 4.57 Å². The molecule has 5 rings (SSSR count). The van der Waals surface area contributed by atoms with Gasteiger partial charge in [0, 0.05) is 50.5 Å². The van der Waals surface area contributed by atoms with Crippen molar-refractivity contribution in [2.45, 2.75) is 32.0 Å². The first-order valence-corrected chi connectivity index (χ1v) is 10.7. The normalized spacial score (nSPS) is 17.9. The maximum atomic E-state index is 13.3. The average Bonchev–Trinajstić information content (AvgIpc) is 3.31. The van der Waals surface area contributed by atoms with Gasteiger partial charge in [-0.05, 0) is 37.0 Å². The van der Waals surface area contributed by atoms with Gasteiger partial charge < -0.3 is 18.8 Å². The van der Waals surface area contributed by atoms with E-state index in [0.717, 1.165) is 18.1 Å². The first-order chi connectivity index (χ1) is 14.9. The summed E-state index contributed by atoms with van der Waals surface area (Å²) in [5.74, 6) is 0.546. The fourth-order valence-corrected chi connectivity index (χ4v) is 4.49. The number of fused-ring (bicyclic) bond motifs is 1. The lowest BCUT2D eigenvalue weighted by atomic mass is 9.85. The summed E-state index contributed by atoms with van der Waals surface area (Å²) in [5, 5.41) is 0. The molecule has 1 saturated heterocycles. The van der Waals surface area contributed by atoms with Crippen LogP contribution in [-0.2, 0) is 12.7 Å². The number of hydrogen-bond acceptors (Lipinski definition) is 3. The number of carbonyl (C=O) groups excluding carboxylic acids is 1. The van der Waals surface area contributed by atoms with E-state index in [1.807, 2.05) is 17.0 Å². The lowest BCUT2D eigenvalue weighted by Gasteiger charge is -2.36. The van der Waals surface area contributed by atoms with Crippen LogP contribution in [0.3, 0.4) is 0 Å². The molecule has 164 valence electrons. The number of alkyl halides is 3. The van der Waals surface area contributed by atoms with Gasteiger partial charge in [0.15, 0.2) is 5.58 Å². The third-order valence-corrected chi connectivity index (χ3v) is 6.51. The van der Waals surface area contributed by atoms with E-state index in [1.54, 1.807) is 17.2 Å². The zero-order valence-electron chi connectivity index (χ0n) is 17.1. The number of aromatic nitrogens is 1. The number of halogens is 3. The van der Waals surface area contributed by atoms with Gasteiger partial charge >= 0.3 is 6.18 Å². The summed E-state index contributed by atoms with van der Waals surface area (Å²) in [6, 6.07) is 9.08.